The van der Waals surface area contributed by atoms with Crippen molar-refractivity contribution < 1.29 is 4.42 Å². The fourth-order valence-corrected chi connectivity index (χ4v) is 2.09. The smallest absolute Gasteiger partial charge is 0.121 e. The van der Waals surface area contributed by atoms with Crippen LogP contribution in [0.4, 0.5) is 0 Å². The quantitative estimate of drug-likeness (QED) is 0.784. The Morgan fingerprint density at radius 2 is 2.07 bits per heavy atom. The van der Waals surface area contributed by atoms with Gasteiger partial charge in [0, 0.05) is 0 Å². The Morgan fingerprint density at radius 3 is 2.43 bits per heavy atom. The lowest BCUT2D eigenvalue weighted by Gasteiger charge is -2.10. The molecule has 0 amide bonds. The molecule has 2 nitrogen and oxygen atoms in total. The lowest BCUT2D eigenvalue weighted by Crippen LogP contribution is -2.14. The van der Waals surface area contributed by atoms with Crippen LogP contribution < -0.4 is 5.73 Å². The van der Waals surface area contributed by atoms with E-state index in [1.807, 2.05) is 6.92 Å². The summed E-state index contributed by atoms with van der Waals surface area (Å²) >= 11 is 0. The van der Waals surface area contributed by atoms with E-state index in [1.165, 1.54) is 12.0 Å². The molecule has 1 aliphatic carbocycles. The Morgan fingerprint density at radius 1 is 1.50 bits per heavy atom. The lowest BCUT2D eigenvalue weighted by molar-refractivity contribution is 0.394. The van der Waals surface area contributed by atoms with Gasteiger partial charge >= 0.3 is 0 Å². The zero-order valence-electron chi connectivity index (χ0n) is 9.42. The summed E-state index contributed by atoms with van der Waals surface area (Å²) in [5.74, 6) is 2.54. The molecule has 0 spiro atoms. The molecule has 0 radical (unpaired) electrons. The number of hydrogen-bond donors (Lipinski definition) is 1. The fourth-order valence-electron chi connectivity index (χ4n) is 2.09. The molecule has 1 fully saturated rings. The zero-order valence-corrected chi connectivity index (χ0v) is 9.42. The molecule has 2 N–H and O–H groups in total. The minimum absolute atomic E-state index is 0.0809. The standard InChI is InChI=1S/C12H19NO/c1-7-5-10(14-8(7)2)11(13)9-6-12(9,3)4/h5,9,11H,6,13H2,1-4H3. The van der Waals surface area contributed by atoms with Gasteiger partial charge in [-0.15, -0.1) is 0 Å². The second-order valence-corrected chi connectivity index (χ2v) is 5.21. The van der Waals surface area contributed by atoms with Crippen molar-refractivity contribution >= 4 is 0 Å². The molecule has 78 valence electrons. The fraction of sp³-hybridized carbons (Fsp3) is 0.667. The van der Waals surface area contributed by atoms with Crippen molar-refractivity contribution in [3.05, 3.63) is 23.2 Å². The van der Waals surface area contributed by atoms with E-state index in [9.17, 15) is 0 Å². The molecule has 0 saturated heterocycles. The summed E-state index contributed by atoms with van der Waals surface area (Å²) in [6.45, 7) is 8.58. The number of furan rings is 1. The Hall–Kier alpha value is -0.760. The SMILES string of the molecule is Cc1cc(C(N)C2CC2(C)C)oc1C. The highest BCUT2D eigenvalue weighted by atomic mass is 16.3. The highest BCUT2D eigenvalue weighted by Crippen LogP contribution is 2.57. The predicted octanol–water partition coefficient (Wildman–Crippen LogP) is 2.94. The molecular formula is C12H19NO. The third kappa shape index (κ3) is 1.48. The average Bonchev–Trinajstić information content (AvgIpc) is 2.59. The lowest BCUT2D eigenvalue weighted by atomic mass is 10.0. The summed E-state index contributed by atoms with van der Waals surface area (Å²) in [7, 11) is 0. The van der Waals surface area contributed by atoms with Gasteiger partial charge in [0.2, 0.25) is 0 Å². The second kappa shape index (κ2) is 2.86. The molecule has 0 bridgehead atoms. The largest absolute Gasteiger partial charge is 0.464 e. The summed E-state index contributed by atoms with van der Waals surface area (Å²) < 4.78 is 5.65. The molecular weight excluding hydrogens is 174 g/mol. The van der Waals surface area contributed by atoms with Crippen molar-refractivity contribution in [3.8, 4) is 0 Å². The van der Waals surface area contributed by atoms with Crippen LogP contribution in [0.15, 0.2) is 10.5 Å². The van der Waals surface area contributed by atoms with E-state index in [2.05, 4.69) is 26.8 Å². The summed E-state index contributed by atoms with van der Waals surface area (Å²) in [5, 5.41) is 0. The molecule has 1 aromatic heterocycles. The van der Waals surface area contributed by atoms with E-state index in [4.69, 9.17) is 10.2 Å². The van der Waals surface area contributed by atoms with Crippen LogP contribution in [0.5, 0.6) is 0 Å². The van der Waals surface area contributed by atoms with Gasteiger partial charge < -0.3 is 10.2 Å². The first-order chi connectivity index (χ1) is 6.42. The van der Waals surface area contributed by atoms with Crippen LogP contribution in [0.25, 0.3) is 0 Å². The van der Waals surface area contributed by atoms with Gasteiger partial charge in [-0.05, 0) is 43.2 Å². The van der Waals surface area contributed by atoms with E-state index in [-0.39, 0.29) is 6.04 Å². The Balaban J connectivity index is 2.16. The minimum Gasteiger partial charge on any atom is -0.464 e. The van der Waals surface area contributed by atoms with Crippen LogP contribution in [-0.4, -0.2) is 0 Å². The molecule has 1 aliphatic rings. The maximum atomic E-state index is 6.16. The van der Waals surface area contributed by atoms with Crippen LogP contribution in [0.2, 0.25) is 0 Å². The van der Waals surface area contributed by atoms with E-state index >= 15 is 0 Å². The Bertz CT molecular complexity index is 332. The summed E-state index contributed by atoms with van der Waals surface area (Å²) in [4.78, 5) is 0. The Kier molecular flexibility index (Phi) is 2.00. The molecule has 14 heavy (non-hydrogen) atoms. The van der Waals surface area contributed by atoms with Crippen LogP contribution in [0.1, 0.15) is 43.4 Å². The van der Waals surface area contributed by atoms with E-state index in [0.29, 0.717) is 11.3 Å². The van der Waals surface area contributed by atoms with Gasteiger partial charge in [-0.25, -0.2) is 0 Å². The second-order valence-electron chi connectivity index (χ2n) is 5.21. The van der Waals surface area contributed by atoms with Crippen molar-refractivity contribution in [2.24, 2.45) is 17.1 Å². The van der Waals surface area contributed by atoms with Gasteiger partial charge in [-0.1, -0.05) is 13.8 Å². The third-order valence-corrected chi connectivity index (χ3v) is 3.54. The van der Waals surface area contributed by atoms with Crippen molar-refractivity contribution in [3.63, 3.8) is 0 Å². The third-order valence-electron chi connectivity index (χ3n) is 3.54. The average molecular weight is 193 g/mol. The maximum Gasteiger partial charge on any atom is 0.121 e. The highest BCUT2D eigenvalue weighted by Gasteiger charge is 2.50. The van der Waals surface area contributed by atoms with Gasteiger partial charge in [-0.3, -0.25) is 0 Å². The summed E-state index contributed by atoms with van der Waals surface area (Å²) in [6.07, 6.45) is 1.22. The number of rotatable bonds is 2. The summed E-state index contributed by atoms with van der Waals surface area (Å²) in [5.41, 5.74) is 7.78. The molecule has 0 aliphatic heterocycles. The Labute approximate surface area is 85.5 Å². The van der Waals surface area contributed by atoms with Gasteiger partial charge in [0.15, 0.2) is 0 Å². The van der Waals surface area contributed by atoms with Gasteiger partial charge in [0.25, 0.3) is 0 Å². The molecule has 1 aromatic rings. The molecule has 0 aromatic carbocycles. The van der Waals surface area contributed by atoms with Crippen LogP contribution in [0, 0.1) is 25.2 Å². The summed E-state index contributed by atoms with van der Waals surface area (Å²) in [6, 6.07) is 2.16. The van der Waals surface area contributed by atoms with Gasteiger partial charge in [0.1, 0.15) is 11.5 Å². The number of aryl methyl sites for hydroxylation is 2. The van der Waals surface area contributed by atoms with Crippen molar-refractivity contribution in [1.29, 1.82) is 0 Å². The molecule has 2 atom stereocenters. The zero-order chi connectivity index (χ0) is 10.5. The predicted molar refractivity (Wildman–Crippen MR) is 57.0 cm³/mol. The first-order valence-electron chi connectivity index (χ1n) is 5.24. The molecule has 2 rings (SSSR count). The van der Waals surface area contributed by atoms with Crippen LogP contribution in [0.3, 0.4) is 0 Å². The molecule has 2 unspecified atom stereocenters. The van der Waals surface area contributed by atoms with E-state index < -0.39 is 0 Å². The number of hydrogen-bond acceptors (Lipinski definition) is 2. The first kappa shape index (κ1) is 9.78. The monoisotopic (exact) mass is 193 g/mol. The topological polar surface area (TPSA) is 39.2 Å². The molecule has 1 saturated carbocycles. The maximum absolute atomic E-state index is 6.16. The van der Waals surface area contributed by atoms with Gasteiger partial charge in [-0.2, -0.15) is 0 Å². The van der Waals surface area contributed by atoms with Crippen molar-refractivity contribution in [2.75, 3.05) is 0 Å². The van der Waals surface area contributed by atoms with Crippen LogP contribution in [-0.2, 0) is 0 Å². The van der Waals surface area contributed by atoms with E-state index in [0.717, 1.165) is 11.5 Å². The molecule has 2 heteroatoms. The van der Waals surface area contributed by atoms with E-state index in [1.54, 1.807) is 0 Å². The highest BCUT2D eigenvalue weighted by molar-refractivity contribution is 5.22. The number of nitrogens with two attached hydrogens (primary N) is 1. The van der Waals surface area contributed by atoms with Crippen LogP contribution >= 0.6 is 0 Å². The normalized spacial score (nSPS) is 26.2. The van der Waals surface area contributed by atoms with Crippen molar-refractivity contribution in [2.45, 2.75) is 40.2 Å². The molecule has 1 heterocycles. The minimum atomic E-state index is 0.0809. The van der Waals surface area contributed by atoms with Gasteiger partial charge in [0.05, 0.1) is 6.04 Å². The first-order valence-corrected chi connectivity index (χ1v) is 5.24. The van der Waals surface area contributed by atoms with Crippen molar-refractivity contribution in [1.82, 2.24) is 0 Å².